The van der Waals surface area contributed by atoms with Crippen molar-refractivity contribution in [3.63, 3.8) is 0 Å². The van der Waals surface area contributed by atoms with E-state index in [1.54, 1.807) is 29.1 Å². The summed E-state index contributed by atoms with van der Waals surface area (Å²) in [5.41, 5.74) is -0.632. The highest BCUT2D eigenvalue weighted by Crippen LogP contribution is 1.78. The van der Waals surface area contributed by atoms with E-state index in [0.717, 1.165) is 0 Å². The van der Waals surface area contributed by atoms with E-state index in [1.165, 1.54) is 0 Å². The highest BCUT2D eigenvalue weighted by Gasteiger charge is 2.03. The molecule has 15 heavy (non-hydrogen) atoms. The zero-order valence-electron chi connectivity index (χ0n) is 7.90. The van der Waals surface area contributed by atoms with E-state index in [4.69, 9.17) is 0 Å². The molecule has 0 amide bonds. The third kappa shape index (κ3) is 1.71. The van der Waals surface area contributed by atoms with Crippen molar-refractivity contribution in [1.29, 1.82) is 0 Å². The first-order valence-corrected chi connectivity index (χ1v) is 4.38. The minimum Gasteiger partial charge on any atom is -0.372 e. The fourth-order valence-electron chi connectivity index (χ4n) is 1.33. The summed E-state index contributed by atoms with van der Waals surface area (Å²) >= 11 is 0. The molecule has 1 aromatic heterocycles. The van der Waals surface area contributed by atoms with Gasteiger partial charge in [0.15, 0.2) is 19.0 Å². The van der Waals surface area contributed by atoms with E-state index in [9.17, 15) is 9.59 Å². The molecule has 0 saturated carbocycles. The number of aromatic amines is 1. The van der Waals surface area contributed by atoms with Gasteiger partial charge in [-0.25, -0.2) is 14.2 Å². The smallest absolute Gasteiger partial charge is 0.372 e. The van der Waals surface area contributed by atoms with Gasteiger partial charge >= 0.3 is 11.4 Å². The molecule has 0 aromatic carbocycles. The maximum Gasteiger partial charge on any atom is 0.419 e. The summed E-state index contributed by atoms with van der Waals surface area (Å²) in [5, 5.41) is 0.829. The minimum absolute atomic E-state index is 0.346. The summed E-state index contributed by atoms with van der Waals surface area (Å²) in [6.45, 7) is 4.16. The number of hydrogen-bond acceptors (Lipinski definition) is 3. The summed E-state index contributed by atoms with van der Waals surface area (Å²) in [5.74, 6) is -0.740. The van der Waals surface area contributed by atoms with E-state index in [2.05, 4.69) is 16.0 Å². The number of fused-ring (bicyclic) bond motifs is 1. The summed E-state index contributed by atoms with van der Waals surface area (Å²) < 4.78 is 6.19. The monoisotopic (exact) mass is 205 g/mol. The normalized spacial score (nSPS) is 14.0. The van der Waals surface area contributed by atoms with Crippen LogP contribution in [0.2, 0.25) is 0 Å². The lowest BCUT2D eigenvalue weighted by Crippen LogP contribution is -2.45. The summed E-state index contributed by atoms with van der Waals surface area (Å²) in [7, 11) is 0. The van der Waals surface area contributed by atoms with Gasteiger partial charge < -0.3 is 4.42 Å². The SMILES string of the molecule is C=C[N+]1=CC=c2c([nH]c(=O)oc2=O)=CC1. The molecule has 0 aliphatic carbocycles. The predicted octanol–water partition coefficient (Wildman–Crippen LogP) is -1.87. The van der Waals surface area contributed by atoms with Crippen LogP contribution in [0.1, 0.15) is 0 Å². The average molecular weight is 205 g/mol. The fraction of sp³-hybridized carbons (Fsp3) is 0.100. The minimum atomic E-state index is -0.740. The Balaban J connectivity index is 2.85. The van der Waals surface area contributed by atoms with Crippen molar-refractivity contribution in [2.45, 2.75) is 0 Å². The second kappa shape index (κ2) is 3.53. The number of hydrogen-bond donors (Lipinski definition) is 1. The molecule has 2 heterocycles. The van der Waals surface area contributed by atoms with Crippen molar-refractivity contribution in [2.24, 2.45) is 0 Å². The molecule has 5 nitrogen and oxygen atoms in total. The molecule has 0 atom stereocenters. The lowest BCUT2D eigenvalue weighted by atomic mass is 10.4. The standard InChI is InChI=1S/C10H8N2O3/c1-2-12-5-3-7-8(4-6-12)11-10(14)15-9(7)13/h2-5H,1,6H2/p+1. The molecular formula is C10H9N2O3+. The van der Waals surface area contributed by atoms with Gasteiger partial charge in [0.1, 0.15) is 0 Å². The molecule has 1 aliphatic heterocycles. The van der Waals surface area contributed by atoms with Crippen LogP contribution >= 0.6 is 0 Å². The van der Waals surface area contributed by atoms with Crippen LogP contribution in [0.5, 0.6) is 0 Å². The van der Waals surface area contributed by atoms with Crippen LogP contribution in [0.4, 0.5) is 0 Å². The van der Waals surface area contributed by atoms with Crippen LogP contribution in [0.15, 0.2) is 26.8 Å². The summed E-state index contributed by atoms with van der Waals surface area (Å²) in [4.78, 5) is 24.7. The molecule has 1 N–H and O–H groups in total. The van der Waals surface area contributed by atoms with Gasteiger partial charge in [0, 0.05) is 12.2 Å². The van der Waals surface area contributed by atoms with E-state index in [-0.39, 0.29) is 0 Å². The van der Waals surface area contributed by atoms with Crippen LogP contribution in [-0.2, 0) is 0 Å². The number of rotatable bonds is 1. The van der Waals surface area contributed by atoms with Crippen LogP contribution in [0, 0.1) is 0 Å². The maximum atomic E-state index is 11.3. The number of nitrogens with one attached hydrogen (secondary N) is 1. The summed E-state index contributed by atoms with van der Waals surface area (Å²) in [6.07, 6.45) is 6.64. The molecule has 1 aliphatic rings. The zero-order valence-corrected chi connectivity index (χ0v) is 7.90. The first-order valence-electron chi connectivity index (χ1n) is 4.38. The van der Waals surface area contributed by atoms with Crippen LogP contribution in [-0.4, -0.2) is 22.3 Å². The van der Waals surface area contributed by atoms with E-state index < -0.39 is 11.4 Å². The lowest BCUT2D eigenvalue weighted by Gasteiger charge is -1.86. The Bertz CT molecular complexity index is 661. The van der Waals surface area contributed by atoms with Gasteiger partial charge in [-0.3, -0.25) is 4.98 Å². The maximum absolute atomic E-state index is 11.3. The highest BCUT2D eigenvalue weighted by molar-refractivity contribution is 5.87. The molecule has 0 fully saturated rings. The Kier molecular flexibility index (Phi) is 2.21. The molecule has 1 aromatic rings. The highest BCUT2D eigenvalue weighted by atomic mass is 16.4. The van der Waals surface area contributed by atoms with Crippen molar-refractivity contribution in [3.8, 4) is 0 Å². The third-order valence-electron chi connectivity index (χ3n) is 2.11. The molecule has 0 radical (unpaired) electrons. The van der Waals surface area contributed by atoms with Crippen LogP contribution in [0.25, 0.3) is 12.2 Å². The van der Waals surface area contributed by atoms with Crippen molar-refractivity contribution in [2.75, 3.05) is 6.54 Å². The first kappa shape index (κ1) is 9.39. The van der Waals surface area contributed by atoms with Crippen LogP contribution in [0.3, 0.4) is 0 Å². The predicted molar refractivity (Wildman–Crippen MR) is 55.2 cm³/mol. The second-order valence-electron chi connectivity index (χ2n) is 3.03. The second-order valence-corrected chi connectivity index (χ2v) is 3.03. The lowest BCUT2D eigenvalue weighted by molar-refractivity contribution is -0.433. The largest absolute Gasteiger partial charge is 0.419 e. The van der Waals surface area contributed by atoms with Gasteiger partial charge in [-0.2, -0.15) is 0 Å². The number of aromatic nitrogens is 1. The number of nitrogens with zero attached hydrogens (tertiary/aromatic N) is 1. The van der Waals surface area contributed by atoms with E-state index >= 15 is 0 Å². The van der Waals surface area contributed by atoms with Crippen molar-refractivity contribution >= 4 is 18.4 Å². The summed E-state index contributed by atoms with van der Waals surface area (Å²) in [6, 6.07) is 0. The third-order valence-corrected chi connectivity index (χ3v) is 2.11. The van der Waals surface area contributed by atoms with Gasteiger partial charge in [-0.05, 0) is 6.58 Å². The molecule has 76 valence electrons. The van der Waals surface area contributed by atoms with Gasteiger partial charge in [0.2, 0.25) is 0 Å². The van der Waals surface area contributed by atoms with E-state index in [1.807, 2.05) is 0 Å². The Morgan fingerprint density at radius 1 is 1.53 bits per heavy atom. The molecular weight excluding hydrogens is 196 g/mol. The van der Waals surface area contributed by atoms with Gasteiger partial charge in [0.25, 0.3) is 0 Å². The van der Waals surface area contributed by atoms with Crippen LogP contribution < -0.4 is 21.9 Å². The Hall–Kier alpha value is -2.17. The Morgan fingerprint density at radius 3 is 3.07 bits per heavy atom. The fourth-order valence-corrected chi connectivity index (χ4v) is 1.33. The molecule has 5 heteroatoms. The average Bonchev–Trinajstić information content (AvgIpc) is 2.40. The van der Waals surface area contributed by atoms with Crippen molar-refractivity contribution < 1.29 is 8.99 Å². The molecule has 2 rings (SSSR count). The van der Waals surface area contributed by atoms with Gasteiger partial charge in [-0.15, -0.1) is 0 Å². The molecule has 0 unspecified atom stereocenters. The van der Waals surface area contributed by atoms with Crippen molar-refractivity contribution in [1.82, 2.24) is 4.98 Å². The zero-order chi connectivity index (χ0) is 10.8. The van der Waals surface area contributed by atoms with E-state index in [0.29, 0.717) is 17.1 Å². The Labute approximate surface area is 84.0 Å². The first-order chi connectivity index (χ1) is 7.20. The molecule has 0 bridgehead atoms. The molecule has 0 spiro atoms. The number of H-pyrrole nitrogens is 1. The molecule has 0 saturated heterocycles. The quantitative estimate of drug-likeness (QED) is 0.546. The topological polar surface area (TPSA) is 66.1 Å². The van der Waals surface area contributed by atoms with Gasteiger partial charge in [-0.1, -0.05) is 0 Å². The van der Waals surface area contributed by atoms with Crippen molar-refractivity contribution in [3.05, 3.63) is 44.3 Å². The van der Waals surface area contributed by atoms with Gasteiger partial charge in [0.05, 0.1) is 10.6 Å². The Morgan fingerprint density at radius 2 is 2.33 bits per heavy atom.